The lowest BCUT2D eigenvalue weighted by atomic mass is 10.2. The number of nitrogens with zero attached hydrogens (tertiary/aromatic N) is 1. The number of nitrogens with one attached hydrogen (secondary N) is 1. The Bertz CT molecular complexity index is 797. The highest BCUT2D eigenvalue weighted by Gasteiger charge is 2.14. The fraction of sp³-hybridized carbons (Fsp3) is 0.111. The summed E-state index contributed by atoms with van der Waals surface area (Å²) in [5.41, 5.74) is 1.63. The molecule has 0 aliphatic carbocycles. The van der Waals surface area contributed by atoms with Gasteiger partial charge in [0.2, 0.25) is 5.76 Å². The summed E-state index contributed by atoms with van der Waals surface area (Å²) in [6.45, 7) is 0.354. The van der Waals surface area contributed by atoms with Gasteiger partial charge in [0.05, 0.1) is 13.2 Å². The van der Waals surface area contributed by atoms with Gasteiger partial charge in [0.1, 0.15) is 12.4 Å². The minimum atomic E-state index is -0.401. The van der Waals surface area contributed by atoms with Crippen molar-refractivity contribution in [3.05, 3.63) is 72.0 Å². The zero-order valence-corrected chi connectivity index (χ0v) is 13.1. The number of ether oxygens (including phenoxy) is 2. The summed E-state index contributed by atoms with van der Waals surface area (Å²) in [4.78, 5) is 12.1. The maximum Gasteiger partial charge on any atom is 0.294 e. The molecule has 6 nitrogen and oxygen atoms in total. The normalized spacial score (nSPS) is 10.2. The molecule has 1 aromatic heterocycles. The van der Waals surface area contributed by atoms with Crippen LogP contribution in [0.2, 0.25) is 0 Å². The van der Waals surface area contributed by atoms with Crippen LogP contribution in [0.25, 0.3) is 0 Å². The Kier molecular flexibility index (Phi) is 4.76. The number of rotatable bonds is 6. The van der Waals surface area contributed by atoms with Gasteiger partial charge in [-0.15, -0.1) is 0 Å². The maximum absolute atomic E-state index is 12.1. The highest BCUT2D eigenvalue weighted by molar-refractivity contribution is 6.02. The smallest absolute Gasteiger partial charge is 0.294 e. The molecule has 0 saturated carbocycles. The van der Waals surface area contributed by atoms with Gasteiger partial charge in [0.25, 0.3) is 11.8 Å². The molecule has 0 saturated heterocycles. The molecule has 0 spiro atoms. The van der Waals surface area contributed by atoms with Crippen molar-refractivity contribution in [2.24, 2.45) is 0 Å². The third-order valence-corrected chi connectivity index (χ3v) is 3.29. The van der Waals surface area contributed by atoms with Crippen LogP contribution in [0.15, 0.2) is 65.2 Å². The first kappa shape index (κ1) is 15.6. The van der Waals surface area contributed by atoms with Gasteiger partial charge in [-0.3, -0.25) is 4.79 Å². The average Bonchev–Trinajstić information content (AvgIpc) is 3.11. The molecule has 0 unspecified atom stereocenters. The summed E-state index contributed by atoms with van der Waals surface area (Å²) < 4.78 is 15.6. The lowest BCUT2D eigenvalue weighted by Gasteiger charge is -2.03. The quantitative estimate of drug-likeness (QED) is 0.751. The number of anilines is 1. The largest absolute Gasteiger partial charge is 0.497 e. The highest BCUT2D eigenvalue weighted by Crippen LogP contribution is 2.18. The second-order valence-corrected chi connectivity index (χ2v) is 4.99. The van der Waals surface area contributed by atoms with Gasteiger partial charge < -0.3 is 19.3 Å². The molecule has 0 aliphatic heterocycles. The number of aromatic nitrogens is 1. The van der Waals surface area contributed by atoms with E-state index in [0.29, 0.717) is 18.0 Å². The molecule has 1 N–H and O–H groups in total. The van der Waals surface area contributed by atoms with Crippen LogP contribution >= 0.6 is 0 Å². The van der Waals surface area contributed by atoms with Crippen LogP contribution in [0.3, 0.4) is 0 Å². The zero-order chi connectivity index (χ0) is 16.8. The van der Waals surface area contributed by atoms with Crippen LogP contribution in [0.5, 0.6) is 11.6 Å². The number of hydrogen-bond donors (Lipinski definition) is 1. The fourth-order valence-corrected chi connectivity index (χ4v) is 2.03. The van der Waals surface area contributed by atoms with E-state index in [1.165, 1.54) is 6.07 Å². The molecule has 6 heteroatoms. The van der Waals surface area contributed by atoms with E-state index in [9.17, 15) is 4.79 Å². The van der Waals surface area contributed by atoms with Crippen molar-refractivity contribution in [3.63, 3.8) is 0 Å². The molecule has 0 radical (unpaired) electrons. The Labute approximate surface area is 139 Å². The van der Waals surface area contributed by atoms with Gasteiger partial charge in [-0.1, -0.05) is 30.3 Å². The Hall–Kier alpha value is -3.28. The molecule has 3 aromatic rings. The Morgan fingerprint density at radius 3 is 2.58 bits per heavy atom. The van der Waals surface area contributed by atoms with E-state index in [1.807, 2.05) is 30.3 Å². The molecular weight excluding hydrogens is 308 g/mol. The first-order valence-electron chi connectivity index (χ1n) is 7.33. The van der Waals surface area contributed by atoms with E-state index in [2.05, 4.69) is 10.5 Å². The Morgan fingerprint density at radius 1 is 1.12 bits per heavy atom. The van der Waals surface area contributed by atoms with E-state index in [4.69, 9.17) is 14.0 Å². The summed E-state index contributed by atoms with van der Waals surface area (Å²) in [5, 5.41) is 6.46. The molecule has 3 rings (SSSR count). The second-order valence-electron chi connectivity index (χ2n) is 4.99. The summed E-state index contributed by atoms with van der Waals surface area (Å²) in [6, 6.07) is 18.1. The molecule has 0 atom stereocenters. The van der Waals surface area contributed by atoms with E-state index in [0.717, 1.165) is 5.56 Å². The summed E-state index contributed by atoms with van der Waals surface area (Å²) >= 11 is 0. The van der Waals surface area contributed by atoms with Crippen molar-refractivity contribution in [1.29, 1.82) is 0 Å². The fourth-order valence-electron chi connectivity index (χ4n) is 2.03. The summed E-state index contributed by atoms with van der Waals surface area (Å²) in [5.74, 6) is 0.652. The van der Waals surface area contributed by atoms with Gasteiger partial charge in [-0.2, -0.15) is 0 Å². The van der Waals surface area contributed by atoms with E-state index >= 15 is 0 Å². The van der Waals surface area contributed by atoms with Crippen LogP contribution in [0.1, 0.15) is 16.1 Å². The predicted octanol–water partition coefficient (Wildman–Crippen LogP) is 3.51. The molecule has 24 heavy (non-hydrogen) atoms. The van der Waals surface area contributed by atoms with Crippen molar-refractivity contribution in [2.75, 3.05) is 12.4 Å². The van der Waals surface area contributed by atoms with Crippen LogP contribution in [-0.2, 0) is 6.61 Å². The topological polar surface area (TPSA) is 73.6 Å². The summed E-state index contributed by atoms with van der Waals surface area (Å²) in [7, 11) is 1.58. The van der Waals surface area contributed by atoms with Crippen molar-refractivity contribution >= 4 is 11.6 Å². The number of carbonyl (C=O) groups excluding carboxylic acids is 1. The number of amides is 1. The molecule has 122 valence electrons. The third kappa shape index (κ3) is 3.92. The average molecular weight is 324 g/mol. The highest BCUT2D eigenvalue weighted by atomic mass is 16.5. The van der Waals surface area contributed by atoms with E-state index in [1.54, 1.807) is 31.4 Å². The number of benzene rings is 2. The molecule has 0 fully saturated rings. The SMILES string of the molecule is COc1ccc(NC(=O)c2cc(OCc3ccccc3)no2)cc1. The molecule has 2 aromatic carbocycles. The van der Waals surface area contributed by atoms with Crippen LogP contribution in [0, 0.1) is 0 Å². The molecular formula is C18H16N2O4. The number of methoxy groups -OCH3 is 1. The van der Waals surface area contributed by atoms with Gasteiger partial charge in [-0.05, 0) is 35.0 Å². The maximum atomic E-state index is 12.1. The van der Waals surface area contributed by atoms with Gasteiger partial charge in [0, 0.05) is 5.69 Å². The molecule has 1 amide bonds. The Balaban J connectivity index is 1.58. The molecule has 0 bridgehead atoms. The zero-order valence-electron chi connectivity index (χ0n) is 13.1. The monoisotopic (exact) mass is 324 g/mol. The lowest BCUT2D eigenvalue weighted by molar-refractivity contribution is 0.0987. The van der Waals surface area contributed by atoms with Crippen molar-refractivity contribution in [1.82, 2.24) is 5.16 Å². The van der Waals surface area contributed by atoms with Gasteiger partial charge in [-0.25, -0.2) is 0 Å². The van der Waals surface area contributed by atoms with Crippen molar-refractivity contribution in [2.45, 2.75) is 6.61 Å². The molecule has 0 aliphatic rings. The van der Waals surface area contributed by atoms with Crippen LogP contribution < -0.4 is 14.8 Å². The number of hydrogen-bond acceptors (Lipinski definition) is 5. The van der Waals surface area contributed by atoms with E-state index in [-0.39, 0.29) is 11.6 Å². The molecule has 1 heterocycles. The first-order valence-corrected chi connectivity index (χ1v) is 7.33. The van der Waals surface area contributed by atoms with Crippen molar-refractivity contribution in [3.8, 4) is 11.6 Å². The van der Waals surface area contributed by atoms with Crippen molar-refractivity contribution < 1.29 is 18.8 Å². The lowest BCUT2D eigenvalue weighted by Crippen LogP contribution is -2.10. The minimum Gasteiger partial charge on any atom is -0.497 e. The summed E-state index contributed by atoms with van der Waals surface area (Å²) in [6.07, 6.45) is 0. The number of carbonyl (C=O) groups is 1. The second kappa shape index (κ2) is 7.32. The minimum absolute atomic E-state index is 0.0777. The first-order chi connectivity index (χ1) is 11.7. The predicted molar refractivity (Wildman–Crippen MR) is 88.2 cm³/mol. The van der Waals surface area contributed by atoms with Crippen LogP contribution in [0.4, 0.5) is 5.69 Å². The third-order valence-electron chi connectivity index (χ3n) is 3.29. The van der Waals surface area contributed by atoms with Gasteiger partial charge in [0.15, 0.2) is 0 Å². The van der Waals surface area contributed by atoms with Gasteiger partial charge >= 0.3 is 0 Å². The van der Waals surface area contributed by atoms with Crippen LogP contribution in [-0.4, -0.2) is 18.2 Å². The standard InChI is InChI=1S/C18H16N2O4/c1-22-15-9-7-14(8-10-15)19-18(21)16-11-17(20-24-16)23-12-13-5-3-2-4-6-13/h2-11H,12H2,1H3,(H,19,21). The Morgan fingerprint density at radius 2 is 1.88 bits per heavy atom. The van der Waals surface area contributed by atoms with E-state index < -0.39 is 5.91 Å².